The Morgan fingerprint density at radius 2 is 1.50 bits per heavy atom. The lowest BCUT2D eigenvalue weighted by atomic mass is 9.99. The van der Waals surface area contributed by atoms with Crippen LogP contribution < -0.4 is 4.74 Å². The van der Waals surface area contributed by atoms with E-state index in [4.69, 9.17) is 4.74 Å². The van der Waals surface area contributed by atoms with Gasteiger partial charge in [0.25, 0.3) is 0 Å². The molecule has 0 unspecified atom stereocenters. The molecule has 0 spiro atoms. The fraction of sp³-hybridized carbons (Fsp3) is 0.143. The van der Waals surface area contributed by atoms with Crippen LogP contribution in [0.1, 0.15) is 5.56 Å². The highest BCUT2D eigenvalue weighted by molar-refractivity contribution is 7.90. The van der Waals surface area contributed by atoms with Gasteiger partial charge >= 0.3 is 0 Å². The quantitative estimate of drug-likeness (QED) is 0.527. The maximum atomic E-state index is 11.8. The third-order valence-corrected chi connectivity index (χ3v) is 5.71. The monoisotopic (exact) mass is 393 g/mol. The van der Waals surface area contributed by atoms with Crippen molar-refractivity contribution < 1.29 is 13.2 Å². The Balaban J connectivity index is 1.97. The fourth-order valence-electron chi connectivity index (χ4n) is 3.10. The number of nitrogens with zero attached hydrogens (tertiary/aromatic N) is 3. The SMILES string of the molecule is COc1ccc2c(-c3ccc(S(C)(=O)=O)cc3)c(-c3ccc(C)cc3)nn2n1. The first-order valence-electron chi connectivity index (χ1n) is 8.68. The normalized spacial score (nSPS) is 11.7. The predicted octanol–water partition coefficient (Wildman–Crippen LogP) is 3.78. The van der Waals surface area contributed by atoms with Crippen LogP contribution in [-0.2, 0) is 9.84 Å². The van der Waals surface area contributed by atoms with Gasteiger partial charge in [-0.1, -0.05) is 42.0 Å². The molecule has 0 radical (unpaired) electrons. The Morgan fingerprint density at radius 3 is 2.11 bits per heavy atom. The molecule has 0 saturated carbocycles. The van der Waals surface area contributed by atoms with Gasteiger partial charge in [0.2, 0.25) is 5.88 Å². The zero-order valence-corrected chi connectivity index (χ0v) is 16.6. The van der Waals surface area contributed by atoms with Crippen molar-refractivity contribution >= 4 is 15.4 Å². The molecule has 7 heteroatoms. The Labute approximate surface area is 163 Å². The van der Waals surface area contributed by atoms with Crippen LogP contribution in [0.2, 0.25) is 0 Å². The number of aromatic nitrogens is 3. The van der Waals surface area contributed by atoms with Crippen LogP contribution in [0.5, 0.6) is 5.88 Å². The number of fused-ring (bicyclic) bond motifs is 1. The molecular formula is C21H19N3O3S. The van der Waals surface area contributed by atoms with Crippen molar-refractivity contribution in [1.29, 1.82) is 0 Å². The van der Waals surface area contributed by atoms with Gasteiger partial charge in [-0.05, 0) is 30.7 Å². The summed E-state index contributed by atoms with van der Waals surface area (Å²) in [5, 5.41) is 9.06. The van der Waals surface area contributed by atoms with Gasteiger partial charge in [0.1, 0.15) is 5.69 Å². The molecule has 0 amide bonds. The summed E-state index contributed by atoms with van der Waals surface area (Å²) in [6.45, 7) is 2.03. The van der Waals surface area contributed by atoms with Crippen LogP contribution in [0.15, 0.2) is 65.6 Å². The minimum atomic E-state index is -3.26. The molecule has 2 heterocycles. The van der Waals surface area contributed by atoms with E-state index in [1.54, 1.807) is 42.1 Å². The summed E-state index contributed by atoms with van der Waals surface area (Å²) in [5.74, 6) is 0.462. The minimum absolute atomic E-state index is 0.282. The van der Waals surface area contributed by atoms with E-state index in [0.717, 1.165) is 33.5 Å². The number of sulfone groups is 1. The van der Waals surface area contributed by atoms with Gasteiger partial charge in [-0.15, -0.1) is 14.8 Å². The highest BCUT2D eigenvalue weighted by Crippen LogP contribution is 2.35. The third-order valence-electron chi connectivity index (χ3n) is 4.59. The number of rotatable bonds is 4. The fourth-order valence-corrected chi connectivity index (χ4v) is 3.73. The topological polar surface area (TPSA) is 73.6 Å². The molecule has 6 nitrogen and oxygen atoms in total. The van der Waals surface area contributed by atoms with E-state index in [2.05, 4.69) is 10.2 Å². The summed E-state index contributed by atoms with van der Waals surface area (Å²) < 4.78 is 30.3. The lowest BCUT2D eigenvalue weighted by molar-refractivity contribution is 0.387. The zero-order valence-electron chi connectivity index (χ0n) is 15.7. The van der Waals surface area contributed by atoms with E-state index >= 15 is 0 Å². The van der Waals surface area contributed by atoms with Crippen LogP contribution >= 0.6 is 0 Å². The molecule has 2 aromatic heterocycles. The summed E-state index contributed by atoms with van der Waals surface area (Å²) in [7, 11) is -1.70. The Kier molecular flexibility index (Phi) is 4.39. The molecule has 0 N–H and O–H groups in total. The molecule has 0 saturated heterocycles. The van der Waals surface area contributed by atoms with E-state index in [1.165, 1.54) is 6.26 Å². The predicted molar refractivity (Wildman–Crippen MR) is 108 cm³/mol. The first-order chi connectivity index (χ1) is 13.4. The number of benzene rings is 2. The maximum absolute atomic E-state index is 11.8. The summed E-state index contributed by atoms with van der Waals surface area (Å²) in [5.41, 5.74) is 5.45. The Hall–Kier alpha value is -3.19. The van der Waals surface area contributed by atoms with Crippen LogP contribution in [0.3, 0.4) is 0 Å². The lowest BCUT2D eigenvalue weighted by Crippen LogP contribution is -1.97. The third kappa shape index (κ3) is 3.25. The van der Waals surface area contributed by atoms with Crippen molar-refractivity contribution in [3.8, 4) is 28.3 Å². The van der Waals surface area contributed by atoms with Crippen molar-refractivity contribution in [3.63, 3.8) is 0 Å². The Bertz CT molecular complexity index is 1260. The number of hydrogen-bond donors (Lipinski definition) is 0. The molecule has 0 bridgehead atoms. The second-order valence-corrected chi connectivity index (χ2v) is 8.65. The summed E-state index contributed by atoms with van der Waals surface area (Å²) in [6, 6.07) is 18.6. The van der Waals surface area contributed by atoms with Crippen molar-refractivity contribution in [3.05, 3.63) is 66.2 Å². The molecule has 0 atom stereocenters. The van der Waals surface area contributed by atoms with E-state index in [1.807, 2.05) is 37.3 Å². The van der Waals surface area contributed by atoms with Gasteiger partial charge in [-0.25, -0.2) is 8.42 Å². The second-order valence-electron chi connectivity index (χ2n) is 6.64. The van der Waals surface area contributed by atoms with Crippen molar-refractivity contribution in [2.45, 2.75) is 11.8 Å². The van der Waals surface area contributed by atoms with Gasteiger partial charge in [0.15, 0.2) is 9.84 Å². The number of hydrogen-bond acceptors (Lipinski definition) is 5. The lowest BCUT2D eigenvalue weighted by Gasteiger charge is -2.06. The van der Waals surface area contributed by atoms with Crippen LogP contribution in [-0.4, -0.2) is 36.6 Å². The minimum Gasteiger partial charge on any atom is -0.480 e. The molecule has 0 aliphatic rings. The highest BCUT2D eigenvalue weighted by atomic mass is 32.2. The molecule has 2 aromatic carbocycles. The van der Waals surface area contributed by atoms with E-state index in [-0.39, 0.29) is 4.90 Å². The van der Waals surface area contributed by atoms with E-state index < -0.39 is 9.84 Å². The first-order valence-corrected chi connectivity index (χ1v) is 10.6. The van der Waals surface area contributed by atoms with Crippen molar-refractivity contribution in [2.75, 3.05) is 13.4 Å². The summed E-state index contributed by atoms with van der Waals surface area (Å²) >= 11 is 0. The van der Waals surface area contributed by atoms with Gasteiger partial charge in [0, 0.05) is 23.4 Å². The highest BCUT2D eigenvalue weighted by Gasteiger charge is 2.18. The van der Waals surface area contributed by atoms with Gasteiger partial charge in [-0.2, -0.15) is 0 Å². The molecule has 28 heavy (non-hydrogen) atoms. The smallest absolute Gasteiger partial charge is 0.233 e. The molecule has 142 valence electrons. The molecule has 4 aromatic rings. The average Bonchev–Trinajstić information content (AvgIpc) is 3.06. The van der Waals surface area contributed by atoms with Crippen LogP contribution in [0.4, 0.5) is 0 Å². The number of ether oxygens (including phenoxy) is 1. The van der Waals surface area contributed by atoms with Crippen molar-refractivity contribution in [1.82, 2.24) is 14.8 Å². The van der Waals surface area contributed by atoms with Crippen LogP contribution in [0, 0.1) is 6.92 Å². The second kappa shape index (κ2) is 6.76. The van der Waals surface area contributed by atoms with Gasteiger partial charge < -0.3 is 4.74 Å². The summed E-state index contributed by atoms with van der Waals surface area (Å²) in [4.78, 5) is 0.282. The molecule has 4 rings (SSSR count). The molecule has 0 fully saturated rings. The van der Waals surface area contributed by atoms with E-state index in [0.29, 0.717) is 5.88 Å². The number of methoxy groups -OCH3 is 1. The van der Waals surface area contributed by atoms with Gasteiger partial charge in [-0.3, -0.25) is 0 Å². The largest absolute Gasteiger partial charge is 0.480 e. The van der Waals surface area contributed by atoms with Crippen molar-refractivity contribution in [2.24, 2.45) is 0 Å². The first kappa shape index (κ1) is 18.2. The standard InChI is InChI=1S/C21H19N3O3S/c1-14-4-6-16(7-5-14)21-20(15-8-10-17(11-9-15)28(3,25)26)18-12-13-19(27-2)22-24(18)23-21/h4-13H,1-3H3. The zero-order chi connectivity index (χ0) is 19.9. The maximum Gasteiger partial charge on any atom is 0.233 e. The number of aryl methyl sites for hydroxylation is 1. The molecule has 0 aliphatic heterocycles. The average molecular weight is 393 g/mol. The van der Waals surface area contributed by atoms with E-state index in [9.17, 15) is 8.42 Å². The molecular weight excluding hydrogens is 374 g/mol. The summed E-state index contributed by atoms with van der Waals surface area (Å²) in [6.07, 6.45) is 1.20. The molecule has 0 aliphatic carbocycles. The van der Waals surface area contributed by atoms with Crippen LogP contribution in [0.25, 0.3) is 27.9 Å². The van der Waals surface area contributed by atoms with Gasteiger partial charge in [0.05, 0.1) is 17.5 Å². The Morgan fingerprint density at radius 1 is 0.857 bits per heavy atom.